The number of carboxylic acids is 1. The van der Waals surface area contributed by atoms with Crippen LogP contribution in [0.1, 0.15) is 34.8 Å². The lowest BCUT2D eigenvalue weighted by Gasteiger charge is -2.06. The average Bonchev–Trinajstić information content (AvgIpc) is 3.01. The third kappa shape index (κ3) is 4.73. The highest BCUT2D eigenvalue weighted by Crippen LogP contribution is 2.18. The first-order valence-electron chi connectivity index (χ1n) is 6.73. The van der Waals surface area contributed by atoms with Crippen LogP contribution in [0.5, 0.6) is 0 Å². The van der Waals surface area contributed by atoms with Crippen molar-refractivity contribution in [1.29, 1.82) is 0 Å². The lowest BCUT2D eigenvalue weighted by Crippen LogP contribution is -2.28. The van der Waals surface area contributed by atoms with Crippen molar-refractivity contribution in [1.82, 2.24) is 14.7 Å². The van der Waals surface area contributed by atoms with Crippen molar-refractivity contribution in [3.05, 3.63) is 41.2 Å². The highest BCUT2D eigenvalue weighted by atomic mass is 32.1. The van der Waals surface area contributed by atoms with E-state index in [2.05, 4.69) is 20.0 Å². The second kappa shape index (κ2) is 7.65. The Bertz CT molecular complexity index is 686. The quantitative estimate of drug-likeness (QED) is 0.746. The average molecular weight is 336 g/mol. The maximum absolute atomic E-state index is 11.8. The molecule has 0 saturated heterocycles. The van der Waals surface area contributed by atoms with Crippen LogP contribution < -0.4 is 10.6 Å². The molecule has 0 saturated carbocycles. The maximum atomic E-state index is 11.8. The van der Waals surface area contributed by atoms with Gasteiger partial charge in [-0.15, -0.1) is 0 Å². The molecule has 0 spiro atoms. The molecule has 2 rings (SSSR count). The van der Waals surface area contributed by atoms with Gasteiger partial charge >= 0.3 is 12.0 Å². The van der Waals surface area contributed by atoms with Gasteiger partial charge in [-0.25, -0.2) is 14.6 Å². The van der Waals surface area contributed by atoms with E-state index in [9.17, 15) is 9.59 Å². The predicted octanol–water partition coefficient (Wildman–Crippen LogP) is 2.27. The number of benzene rings is 1. The third-order valence-electron chi connectivity index (χ3n) is 3.03. The van der Waals surface area contributed by atoms with Crippen LogP contribution in [0, 0.1) is 0 Å². The number of nitrogens with zero attached hydrogens (tertiary/aromatic N) is 2. The summed E-state index contributed by atoms with van der Waals surface area (Å²) in [6, 6.07) is 5.85. The van der Waals surface area contributed by atoms with E-state index < -0.39 is 12.0 Å². The number of nitrogens with one attached hydrogen (secondary N) is 2. The van der Waals surface area contributed by atoms with Gasteiger partial charge in [0.25, 0.3) is 0 Å². The van der Waals surface area contributed by atoms with Crippen molar-refractivity contribution >= 4 is 28.7 Å². The molecule has 1 aromatic heterocycles. The first-order chi connectivity index (χ1) is 11.0. The van der Waals surface area contributed by atoms with E-state index in [1.807, 2.05) is 6.92 Å². The van der Waals surface area contributed by atoms with Gasteiger partial charge in [0.15, 0.2) is 5.82 Å². The molecule has 122 valence electrons. The Balaban J connectivity index is 1.85. The normalized spacial score (nSPS) is 11.7. The van der Waals surface area contributed by atoms with Gasteiger partial charge in [-0.1, -0.05) is 12.1 Å². The fraction of sp³-hybridized carbons (Fsp3) is 0.286. The molecule has 1 aromatic carbocycles. The molecule has 0 aliphatic rings. The largest absolute Gasteiger partial charge is 0.478 e. The molecule has 1 unspecified atom stereocenters. The van der Waals surface area contributed by atoms with Crippen molar-refractivity contribution in [3.8, 4) is 0 Å². The smallest absolute Gasteiger partial charge is 0.335 e. The lowest BCUT2D eigenvalue weighted by atomic mass is 10.1. The first kappa shape index (κ1) is 16.8. The number of rotatable bonds is 6. The van der Waals surface area contributed by atoms with Gasteiger partial charge in [-0.3, -0.25) is 5.32 Å². The molecule has 23 heavy (non-hydrogen) atoms. The van der Waals surface area contributed by atoms with Crippen LogP contribution in [0.15, 0.2) is 24.3 Å². The summed E-state index contributed by atoms with van der Waals surface area (Å²) >= 11 is 1.07. The van der Waals surface area contributed by atoms with Gasteiger partial charge < -0.3 is 15.2 Å². The minimum Gasteiger partial charge on any atom is -0.478 e. The number of hydrogen-bond acceptors (Lipinski definition) is 6. The Morgan fingerprint density at radius 3 is 2.65 bits per heavy atom. The number of carbonyl (C=O) groups excluding carboxylic acids is 1. The van der Waals surface area contributed by atoms with Crippen molar-refractivity contribution < 1.29 is 19.4 Å². The molecule has 0 aliphatic carbocycles. The molecule has 1 atom stereocenters. The van der Waals surface area contributed by atoms with Crippen molar-refractivity contribution in [3.63, 3.8) is 0 Å². The number of anilines is 1. The number of ether oxygens (including phenoxy) is 1. The molecule has 9 heteroatoms. The number of hydrogen-bond donors (Lipinski definition) is 3. The lowest BCUT2D eigenvalue weighted by molar-refractivity contribution is 0.0697. The number of aromatic carboxylic acids is 1. The maximum Gasteiger partial charge on any atom is 0.335 e. The van der Waals surface area contributed by atoms with E-state index in [1.165, 1.54) is 12.1 Å². The summed E-state index contributed by atoms with van der Waals surface area (Å²) in [4.78, 5) is 26.7. The van der Waals surface area contributed by atoms with Crippen LogP contribution in [0.3, 0.4) is 0 Å². The van der Waals surface area contributed by atoms with Crippen LogP contribution in [-0.4, -0.2) is 33.6 Å². The van der Waals surface area contributed by atoms with Gasteiger partial charge in [0, 0.05) is 25.2 Å². The second-order valence-corrected chi connectivity index (χ2v) is 5.40. The fourth-order valence-electron chi connectivity index (χ4n) is 1.64. The summed E-state index contributed by atoms with van der Waals surface area (Å²) in [7, 11) is 1.56. The summed E-state index contributed by atoms with van der Waals surface area (Å²) in [5.74, 6) is -0.475. The number of aromatic nitrogens is 2. The fourth-order valence-corrected chi connectivity index (χ4v) is 2.29. The van der Waals surface area contributed by atoms with E-state index >= 15 is 0 Å². The van der Waals surface area contributed by atoms with Crippen LogP contribution in [-0.2, 0) is 11.3 Å². The Labute approximate surface area is 136 Å². The SMILES string of the molecule is COC(C)c1nsc(NC(=O)NCc2ccc(C(=O)O)cc2)n1. The molecule has 3 N–H and O–H groups in total. The minimum atomic E-state index is -0.986. The summed E-state index contributed by atoms with van der Waals surface area (Å²) in [6.45, 7) is 2.08. The molecular formula is C14H16N4O4S. The predicted molar refractivity (Wildman–Crippen MR) is 84.6 cm³/mol. The zero-order valence-corrected chi connectivity index (χ0v) is 13.4. The van der Waals surface area contributed by atoms with Gasteiger partial charge in [-0.2, -0.15) is 4.37 Å². The van der Waals surface area contributed by atoms with Crippen molar-refractivity contribution in [2.45, 2.75) is 19.6 Å². The highest BCUT2D eigenvalue weighted by Gasteiger charge is 2.12. The molecular weight excluding hydrogens is 320 g/mol. The molecule has 0 fully saturated rings. The van der Waals surface area contributed by atoms with Gasteiger partial charge in [0.1, 0.15) is 6.10 Å². The topological polar surface area (TPSA) is 113 Å². The van der Waals surface area contributed by atoms with Crippen LogP contribution in [0.4, 0.5) is 9.93 Å². The van der Waals surface area contributed by atoms with Gasteiger partial charge in [0.05, 0.1) is 5.56 Å². The summed E-state index contributed by atoms with van der Waals surface area (Å²) < 4.78 is 9.19. The Morgan fingerprint density at radius 1 is 1.35 bits per heavy atom. The number of carboxylic acid groups (broad SMARTS) is 1. The number of methoxy groups -OCH3 is 1. The zero-order valence-electron chi connectivity index (χ0n) is 12.6. The third-order valence-corrected chi connectivity index (χ3v) is 3.68. The summed E-state index contributed by atoms with van der Waals surface area (Å²) in [6.07, 6.45) is -0.238. The molecule has 2 amide bonds. The monoisotopic (exact) mass is 336 g/mol. The highest BCUT2D eigenvalue weighted by molar-refractivity contribution is 7.09. The van der Waals surface area contributed by atoms with Crippen LogP contribution in [0.25, 0.3) is 0 Å². The Morgan fingerprint density at radius 2 is 2.04 bits per heavy atom. The van der Waals surface area contributed by atoms with Crippen molar-refractivity contribution in [2.24, 2.45) is 0 Å². The number of amides is 2. The van der Waals surface area contributed by atoms with E-state index in [0.29, 0.717) is 11.0 Å². The van der Waals surface area contributed by atoms with E-state index in [0.717, 1.165) is 17.1 Å². The molecule has 1 heterocycles. The van der Waals surface area contributed by atoms with Gasteiger partial charge in [0.2, 0.25) is 5.13 Å². The minimum absolute atomic E-state index is 0.201. The Kier molecular flexibility index (Phi) is 5.61. The van der Waals surface area contributed by atoms with Gasteiger partial charge in [-0.05, 0) is 24.6 Å². The molecule has 0 aliphatic heterocycles. The van der Waals surface area contributed by atoms with E-state index in [-0.39, 0.29) is 18.2 Å². The van der Waals surface area contributed by atoms with E-state index in [1.54, 1.807) is 19.2 Å². The number of carbonyl (C=O) groups is 2. The Hall–Kier alpha value is -2.52. The summed E-state index contributed by atoms with van der Waals surface area (Å²) in [5, 5.41) is 14.4. The zero-order chi connectivity index (χ0) is 16.8. The van der Waals surface area contributed by atoms with Crippen LogP contribution >= 0.6 is 11.5 Å². The molecule has 0 bridgehead atoms. The second-order valence-electron chi connectivity index (χ2n) is 4.65. The molecule has 0 radical (unpaired) electrons. The standard InChI is InChI=1S/C14H16N4O4S/c1-8(22-2)11-16-14(23-18-11)17-13(21)15-7-9-3-5-10(6-4-9)12(19)20/h3-6,8H,7H2,1-2H3,(H,19,20)(H2,15,16,17,18,21). The first-order valence-corrected chi connectivity index (χ1v) is 7.50. The number of urea groups is 1. The summed E-state index contributed by atoms with van der Waals surface area (Å²) in [5.41, 5.74) is 0.989. The van der Waals surface area contributed by atoms with Crippen molar-refractivity contribution in [2.75, 3.05) is 12.4 Å². The molecule has 2 aromatic rings. The van der Waals surface area contributed by atoms with Crippen LogP contribution in [0.2, 0.25) is 0 Å². The molecule has 8 nitrogen and oxygen atoms in total. The van der Waals surface area contributed by atoms with E-state index in [4.69, 9.17) is 9.84 Å².